The molecule has 0 radical (unpaired) electrons. The number of alkyl halides is 6. The lowest BCUT2D eigenvalue weighted by Gasteiger charge is -2.62. The van der Waals surface area contributed by atoms with Crippen LogP contribution in [0.15, 0.2) is 188 Å². The molecule has 17 rings (SSSR count). The van der Waals surface area contributed by atoms with Gasteiger partial charge in [-0.05, 0) is 390 Å². The van der Waals surface area contributed by atoms with Crippen LogP contribution in [0.1, 0.15) is 338 Å². The van der Waals surface area contributed by atoms with Crippen molar-refractivity contribution in [3.8, 4) is 28.4 Å². The summed E-state index contributed by atoms with van der Waals surface area (Å²) in [6.07, 6.45) is 21.9. The maximum absolute atomic E-state index is 13.7. The van der Waals surface area contributed by atoms with E-state index in [0.29, 0.717) is 87.7 Å². The molecule has 0 N–H and O–H groups in total. The third-order valence-corrected chi connectivity index (χ3v) is 34.8. The van der Waals surface area contributed by atoms with Crippen molar-refractivity contribution in [1.29, 1.82) is 0 Å². The highest BCUT2D eigenvalue weighted by Gasteiger charge is 2.65. The Bertz CT molecular complexity index is 5570. The monoisotopic (exact) mass is 1940 g/mol. The molecule has 9 aliphatic carbocycles. The topological polar surface area (TPSA) is 150 Å². The van der Waals surface area contributed by atoms with Gasteiger partial charge in [0.2, 0.25) is 0 Å². The summed E-state index contributed by atoms with van der Waals surface area (Å²) in [4.78, 5) is 64.5. The van der Waals surface area contributed by atoms with Gasteiger partial charge in [0.15, 0.2) is 0 Å². The first-order valence-electron chi connectivity index (χ1n) is 52.7. The molecule has 18 atom stereocenters. The first-order valence-corrected chi connectivity index (χ1v) is 52.7. The number of ether oxygens (including phenoxy) is 7. The number of hydrogen-bond acceptors (Lipinski definition) is 12. The van der Waals surface area contributed by atoms with Gasteiger partial charge in [0.05, 0.1) is 33.4 Å². The first-order chi connectivity index (χ1) is 66.8. The maximum atomic E-state index is 13.7. The predicted molar refractivity (Wildman–Crippen MR) is 546 cm³/mol. The molecule has 0 amide bonds. The summed E-state index contributed by atoms with van der Waals surface area (Å²) in [6, 6.07) is 50.1. The van der Waals surface area contributed by atoms with E-state index in [2.05, 4.69) is 86.1 Å². The van der Waals surface area contributed by atoms with Gasteiger partial charge in [-0.1, -0.05) is 231 Å². The van der Waals surface area contributed by atoms with Gasteiger partial charge in [-0.25, -0.2) is 24.0 Å². The number of benzene rings is 8. The van der Waals surface area contributed by atoms with Crippen molar-refractivity contribution in [2.45, 2.75) is 335 Å². The number of esters is 5. The molecule has 760 valence electrons. The highest BCUT2D eigenvalue weighted by molar-refractivity contribution is 5.92. The summed E-state index contributed by atoms with van der Waals surface area (Å²) in [5.41, 5.74) is 15.0. The summed E-state index contributed by atoms with van der Waals surface area (Å²) >= 11 is 0. The van der Waals surface area contributed by atoms with E-state index in [-0.39, 0.29) is 77.0 Å². The predicted octanol–water partition coefficient (Wildman–Crippen LogP) is 33.0. The van der Waals surface area contributed by atoms with Crippen LogP contribution < -0.4 is 9.47 Å². The molecule has 8 saturated carbocycles. The molecule has 9 aliphatic rings. The van der Waals surface area contributed by atoms with E-state index < -0.39 is 24.1 Å². The van der Waals surface area contributed by atoms with Crippen LogP contribution in [0.25, 0.3) is 11.1 Å². The third kappa shape index (κ3) is 26.2. The molecule has 0 heterocycles. The third-order valence-electron chi connectivity index (χ3n) is 34.8. The summed E-state index contributed by atoms with van der Waals surface area (Å²) in [5, 5.41) is 0. The van der Waals surface area contributed by atoms with Gasteiger partial charge in [-0.2, -0.15) is 13.2 Å². The molecule has 12 nitrogen and oxygen atoms in total. The Labute approximate surface area is 835 Å². The van der Waals surface area contributed by atoms with Gasteiger partial charge in [-0.15, -0.1) is 13.2 Å². The van der Waals surface area contributed by atoms with E-state index >= 15 is 0 Å². The molecule has 18 heteroatoms. The van der Waals surface area contributed by atoms with Gasteiger partial charge in [0.1, 0.15) is 47.8 Å². The van der Waals surface area contributed by atoms with Crippen molar-refractivity contribution >= 4 is 29.8 Å². The molecule has 8 aromatic rings. The Morgan fingerprint density at radius 3 is 1.24 bits per heavy atom. The molecule has 0 saturated heterocycles. The molecule has 0 aliphatic heterocycles. The van der Waals surface area contributed by atoms with Crippen molar-refractivity contribution in [3.05, 3.63) is 265 Å². The molecule has 141 heavy (non-hydrogen) atoms. The van der Waals surface area contributed by atoms with Crippen molar-refractivity contribution in [1.82, 2.24) is 0 Å². The number of carbonyl (C=O) groups is 5. The summed E-state index contributed by atoms with van der Waals surface area (Å²) < 4.78 is 114. The second-order valence-corrected chi connectivity index (χ2v) is 45.8. The van der Waals surface area contributed by atoms with Crippen LogP contribution in [0.4, 0.5) is 26.3 Å². The van der Waals surface area contributed by atoms with Crippen molar-refractivity contribution < 1.29 is 83.5 Å². The largest absolute Gasteiger partial charge is 0.573 e. The van der Waals surface area contributed by atoms with Gasteiger partial charge in [0, 0.05) is 12.3 Å². The van der Waals surface area contributed by atoms with Crippen LogP contribution in [0.3, 0.4) is 0 Å². The Hall–Kier alpha value is -9.97. The average Bonchev–Trinajstić information content (AvgIpc) is 1.67. The van der Waals surface area contributed by atoms with Crippen LogP contribution in [0.2, 0.25) is 0 Å². The molecule has 8 fully saturated rings. The maximum Gasteiger partial charge on any atom is 0.573 e. The van der Waals surface area contributed by atoms with Crippen LogP contribution in [-0.2, 0) is 29.9 Å². The van der Waals surface area contributed by atoms with Crippen molar-refractivity contribution in [3.63, 3.8) is 0 Å². The molecule has 0 bridgehead atoms. The number of halogens is 6. The van der Waals surface area contributed by atoms with Crippen LogP contribution in [0, 0.1) is 154 Å². The number of hydrogen-bond donors (Lipinski definition) is 0. The Balaban J connectivity index is 0.000000153. The number of aryl methyl sites for hydroxylation is 8. The number of allylic oxidation sites excluding steroid dienone is 1. The number of rotatable bonds is 24. The van der Waals surface area contributed by atoms with Gasteiger partial charge >= 0.3 is 42.4 Å². The Morgan fingerprint density at radius 1 is 0.362 bits per heavy atom. The standard InChI is InChI=1S/C43H60O4.C36H54O2.C23H23F3O4.C21H17F3O2/c1-27(2)9-8-10-30(5)35-19-20-36-34-26-39(47-41(45)32-17-13-29(4)14-18-32)38-25-33(46-40(44)31-15-11-28(3)12-16-31)21-23-43(38,7)37(34)22-24-42(35,36)6;1-23(2)9-8-10-26(5)31-13-14-32-30-12-11-28-22-29(38-34(37)27-20-24(3)19-25(4)21-27)15-17-35(28,6)33(30)16-18-36(31,32)7;1-14-11-15(2)13-17(12-14)22(28)30-20-9-7-19(8-10-20)29-21(27)16-3-5-18(6-4-16)23(24,25)26;1-14-3-12-20(15(2)13-14)25-18-8-4-16(5-9-18)17-6-10-19(11-7-17)26-21(22,23)24/h11-18,27,30,33-39H,8-10,19-26H2,1-7H3;11,19-21,23,26,29-33H,8-10,12-18,22H2,1-7H3;3-6,11-13,19-20H,7-10H2,1-2H3;3-13H,1-2H3. The highest BCUT2D eigenvalue weighted by atomic mass is 19.4. The van der Waals surface area contributed by atoms with Crippen molar-refractivity contribution in [2.75, 3.05) is 0 Å². The minimum Gasteiger partial charge on any atom is -0.459 e. The zero-order valence-corrected chi connectivity index (χ0v) is 86.8. The van der Waals surface area contributed by atoms with E-state index in [1.165, 1.54) is 120 Å². The van der Waals surface area contributed by atoms with E-state index in [9.17, 15) is 50.3 Å². The lowest BCUT2D eigenvalue weighted by atomic mass is 9.43. The quantitative estimate of drug-likeness (QED) is 0.0245. The fraction of sp³-hybridized carbons (Fsp3) is 0.553. The minimum atomic E-state index is -4.69. The van der Waals surface area contributed by atoms with Gasteiger partial charge in [0.25, 0.3) is 0 Å². The van der Waals surface area contributed by atoms with Crippen LogP contribution >= 0.6 is 0 Å². The van der Waals surface area contributed by atoms with Crippen LogP contribution in [0.5, 0.6) is 17.2 Å². The fourth-order valence-electron chi connectivity index (χ4n) is 27.6. The molecule has 0 aromatic heterocycles. The lowest BCUT2D eigenvalue weighted by molar-refractivity contribution is -0.274. The van der Waals surface area contributed by atoms with E-state index in [4.69, 9.17) is 28.4 Å². The molecule has 8 aromatic carbocycles. The zero-order chi connectivity index (χ0) is 101. The molecular weight excluding hydrogens is 1780 g/mol. The fourth-order valence-corrected chi connectivity index (χ4v) is 27.6. The zero-order valence-electron chi connectivity index (χ0n) is 86.8. The average molecular weight is 1940 g/mol. The summed E-state index contributed by atoms with van der Waals surface area (Å²) in [7, 11) is 0. The normalized spacial score (nSPS) is 28.0. The SMILES string of the molecule is Cc1cc(C)cc(C(=O)OC2CCC(OC(=O)c3ccc(C(F)(F)F)cc3)CC2)c1.Cc1cc(C)cc(C(=O)OC2CCC3(C)C(=CCC4C3CCC3(C)C(C(C)CCCC(C)C)CCC43)C2)c1.Cc1ccc(C(=O)OC2CCC3(C)C(C2)C(OC(=O)c2ccc(C)cc2)CC2C4CCC(C(C)CCCC(C)C)C4(C)CCC23)cc1.Cc1ccc(Oc2ccc(-c3ccc(OC(F)(F)F)cc3)cc2)c(C)c1. The van der Waals surface area contributed by atoms with Crippen LogP contribution in [-0.4, -0.2) is 66.7 Å². The molecule has 0 spiro atoms. The number of carbonyl (C=O) groups excluding carboxylic acids is 5. The first kappa shape index (κ1) is 107. The smallest absolute Gasteiger partial charge is 0.459 e. The second kappa shape index (κ2) is 45.5. The van der Waals surface area contributed by atoms with Crippen molar-refractivity contribution in [2.24, 2.45) is 98.6 Å². The van der Waals surface area contributed by atoms with Gasteiger partial charge < -0.3 is 33.2 Å². The summed E-state index contributed by atoms with van der Waals surface area (Å²) in [6.45, 7) is 41.0. The van der Waals surface area contributed by atoms with E-state index in [0.717, 1.165) is 172 Å². The summed E-state index contributed by atoms with van der Waals surface area (Å²) in [5.74, 6) is 9.20. The molecule has 18 unspecified atom stereocenters. The second-order valence-electron chi connectivity index (χ2n) is 45.8. The van der Waals surface area contributed by atoms with E-state index in [1.54, 1.807) is 29.8 Å². The highest BCUT2D eigenvalue weighted by Crippen LogP contribution is 2.71. The minimum absolute atomic E-state index is 0.0237. The Morgan fingerprint density at radius 2 is 0.773 bits per heavy atom. The molecular formula is C123H154F6O12. The number of fused-ring (bicyclic) bond motifs is 10. The van der Waals surface area contributed by atoms with E-state index in [1.807, 2.05) is 165 Å². The lowest BCUT2D eigenvalue weighted by Crippen LogP contribution is -2.59. The van der Waals surface area contributed by atoms with Gasteiger partial charge in [-0.3, -0.25) is 0 Å². The Kier molecular flexibility index (Phi) is 34.5.